The minimum atomic E-state index is -0.607. The van der Waals surface area contributed by atoms with Crippen LogP contribution in [0.4, 0.5) is 34.1 Å². The van der Waals surface area contributed by atoms with Crippen LogP contribution in [0.15, 0.2) is 297 Å². The van der Waals surface area contributed by atoms with Gasteiger partial charge in [0.1, 0.15) is 0 Å². The fraction of sp³-hybridized carbons (Fsp3) is 0.0137. The van der Waals surface area contributed by atoms with Crippen LogP contribution in [0, 0.1) is 0 Å². The first kappa shape index (κ1) is 43.6. The quantitative estimate of drug-likeness (QED) is 0.150. The minimum Gasteiger partial charge on any atom is -0.310 e. The summed E-state index contributed by atoms with van der Waals surface area (Å²) in [5, 5.41) is 2.51. The zero-order valence-corrected chi connectivity index (χ0v) is 41.6. The van der Waals surface area contributed by atoms with Gasteiger partial charge in [-0.1, -0.05) is 218 Å². The molecule has 3 heteroatoms. The minimum absolute atomic E-state index is 0.607. The topological polar surface area (TPSA) is 11.4 Å². The van der Waals surface area contributed by atoms with Gasteiger partial charge in [0, 0.05) is 39.1 Å². The number of fused-ring (bicyclic) bond motifs is 12. The highest BCUT2D eigenvalue weighted by Gasteiger charge is 2.52. The summed E-state index contributed by atoms with van der Waals surface area (Å²) in [4.78, 5) is 4.93. The first-order valence-electron chi connectivity index (χ1n) is 26.3. The molecule has 0 saturated heterocycles. The molecule has 0 unspecified atom stereocenters. The third-order valence-corrected chi connectivity index (χ3v) is 16.0. The summed E-state index contributed by atoms with van der Waals surface area (Å²) in [5.74, 6) is 0. The van der Waals surface area contributed by atoms with Gasteiger partial charge in [-0.15, -0.1) is 0 Å². The number of hydrogen-bond donors (Lipinski definition) is 0. The van der Waals surface area contributed by atoms with Crippen LogP contribution >= 0.6 is 0 Å². The third kappa shape index (κ3) is 6.69. The maximum absolute atomic E-state index is 2.50. The van der Waals surface area contributed by atoms with Gasteiger partial charge in [0.2, 0.25) is 0 Å². The molecule has 0 fully saturated rings. The van der Waals surface area contributed by atoms with E-state index in [1.54, 1.807) is 0 Å². The van der Waals surface area contributed by atoms with E-state index in [1.165, 1.54) is 77.7 Å². The molecule has 0 N–H and O–H groups in total. The number of benzene rings is 12. The van der Waals surface area contributed by atoms with Gasteiger partial charge in [0.05, 0.1) is 33.5 Å². The Balaban J connectivity index is 0.918. The predicted molar refractivity (Wildman–Crippen MR) is 317 cm³/mol. The Bertz CT molecular complexity index is 4240. The van der Waals surface area contributed by atoms with Gasteiger partial charge in [-0.3, -0.25) is 0 Å². The molecule has 2 aliphatic rings. The summed E-state index contributed by atoms with van der Waals surface area (Å²) in [6.45, 7) is 0. The SMILES string of the molecule is c1ccc(-c2ccc(-c3ccccc3N(c3ccc(-c4cccc(-n5c6ccccc6c6ccccc65)c4)cc3)c3ccc4c(c3)C3(c5ccccc5-4)c4ccccc4N(c4ccccc4)c4ccccc43)cc2)cc1. The zero-order chi connectivity index (χ0) is 50.2. The number of nitrogens with zero attached hydrogens (tertiary/aromatic N) is 3. The maximum atomic E-state index is 2.50. The van der Waals surface area contributed by atoms with E-state index >= 15 is 0 Å². The van der Waals surface area contributed by atoms with Crippen LogP contribution in [0.25, 0.3) is 72.0 Å². The van der Waals surface area contributed by atoms with Crippen LogP contribution in [0.5, 0.6) is 0 Å². The molecule has 1 spiro atoms. The second-order valence-corrected chi connectivity index (χ2v) is 20.0. The van der Waals surface area contributed by atoms with Crippen LogP contribution in [-0.2, 0) is 5.41 Å². The lowest BCUT2D eigenvalue weighted by Gasteiger charge is -2.45. The van der Waals surface area contributed by atoms with Crippen molar-refractivity contribution in [2.75, 3.05) is 9.80 Å². The van der Waals surface area contributed by atoms with Crippen molar-refractivity contribution in [3.05, 3.63) is 320 Å². The van der Waals surface area contributed by atoms with Crippen LogP contribution in [0.2, 0.25) is 0 Å². The molecule has 2 heterocycles. The lowest BCUT2D eigenvalue weighted by Crippen LogP contribution is -2.36. The molecule has 0 amide bonds. The van der Waals surface area contributed by atoms with E-state index in [0.717, 1.165) is 50.7 Å². The summed E-state index contributed by atoms with van der Waals surface area (Å²) in [5.41, 5.74) is 24.3. The Kier molecular flexibility index (Phi) is 10.1. The molecule has 0 radical (unpaired) electrons. The van der Waals surface area contributed by atoms with Crippen molar-refractivity contribution >= 4 is 55.9 Å². The monoisotopic (exact) mass is 967 g/mol. The highest BCUT2D eigenvalue weighted by molar-refractivity contribution is 6.09. The lowest BCUT2D eigenvalue weighted by atomic mass is 9.64. The molecule has 1 aliphatic heterocycles. The number of anilines is 6. The van der Waals surface area contributed by atoms with Crippen LogP contribution in [0.3, 0.4) is 0 Å². The van der Waals surface area contributed by atoms with Crippen molar-refractivity contribution in [2.24, 2.45) is 0 Å². The summed E-state index contributed by atoms with van der Waals surface area (Å²) < 4.78 is 2.40. The lowest BCUT2D eigenvalue weighted by molar-refractivity contribution is 0.752. The average Bonchev–Trinajstić information content (AvgIpc) is 4.10. The van der Waals surface area contributed by atoms with Gasteiger partial charge >= 0.3 is 0 Å². The van der Waals surface area contributed by atoms with Crippen LogP contribution in [0.1, 0.15) is 22.3 Å². The number of aromatic nitrogens is 1. The maximum Gasteiger partial charge on any atom is 0.0755 e. The smallest absolute Gasteiger partial charge is 0.0755 e. The molecule has 1 aliphatic carbocycles. The van der Waals surface area contributed by atoms with Crippen molar-refractivity contribution in [3.63, 3.8) is 0 Å². The van der Waals surface area contributed by atoms with Crippen molar-refractivity contribution in [3.8, 4) is 50.2 Å². The Morgan fingerprint density at radius 3 is 1.45 bits per heavy atom. The average molecular weight is 968 g/mol. The van der Waals surface area contributed by atoms with E-state index in [1.807, 2.05) is 0 Å². The fourth-order valence-electron chi connectivity index (χ4n) is 12.7. The van der Waals surface area contributed by atoms with E-state index in [-0.39, 0.29) is 0 Å². The Hall–Kier alpha value is -9.96. The molecule has 15 rings (SSSR count). The summed E-state index contributed by atoms with van der Waals surface area (Å²) in [7, 11) is 0. The Morgan fingerprint density at radius 2 is 0.750 bits per heavy atom. The van der Waals surface area contributed by atoms with E-state index in [4.69, 9.17) is 0 Å². The molecular formula is C73H49N3. The molecule has 0 atom stereocenters. The number of para-hydroxylation sites is 6. The summed E-state index contributed by atoms with van der Waals surface area (Å²) in [6.07, 6.45) is 0. The molecule has 76 heavy (non-hydrogen) atoms. The molecular weight excluding hydrogens is 919 g/mol. The van der Waals surface area contributed by atoms with Crippen molar-refractivity contribution in [2.45, 2.75) is 5.41 Å². The molecule has 356 valence electrons. The van der Waals surface area contributed by atoms with Gasteiger partial charge in [-0.25, -0.2) is 0 Å². The highest BCUT2D eigenvalue weighted by atomic mass is 15.2. The molecule has 12 aromatic carbocycles. The van der Waals surface area contributed by atoms with Gasteiger partial charge in [0.25, 0.3) is 0 Å². The second kappa shape index (κ2) is 17.6. The normalized spacial score (nSPS) is 12.8. The van der Waals surface area contributed by atoms with Gasteiger partial charge in [-0.05, 0) is 140 Å². The van der Waals surface area contributed by atoms with Crippen molar-refractivity contribution in [1.29, 1.82) is 0 Å². The van der Waals surface area contributed by atoms with E-state index in [2.05, 4.69) is 312 Å². The molecule has 1 aromatic heterocycles. The first-order chi connectivity index (χ1) is 37.7. The van der Waals surface area contributed by atoms with E-state index < -0.39 is 5.41 Å². The number of hydrogen-bond acceptors (Lipinski definition) is 2. The van der Waals surface area contributed by atoms with Gasteiger partial charge in [0.15, 0.2) is 0 Å². The van der Waals surface area contributed by atoms with E-state index in [0.29, 0.717) is 0 Å². The Morgan fingerprint density at radius 1 is 0.276 bits per heavy atom. The third-order valence-electron chi connectivity index (χ3n) is 16.0. The highest BCUT2D eigenvalue weighted by Crippen LogP contribution is 2.64. The van der Waals surface area contributed by atoms with Gasteiger partial charge < -0.3 is 14.4 Å². The fourth-order valence-corrected chi connectivity index (χ4v) is 12.7. The predicted octanol–water partition coefficient (Wildman–Crippen LogP) is 19.4. The second-order valence-electron chi connectivity index (χ2n) is 20.0. The molecule has 13 aromatic rings. The van der Waals surface area contributed by atoms with Crippen molar-refractivity contribution < 1.29 is 0 Å². The summed E-state index contributed by atoms with van der Waals surface area (Å²) in [6, 6.07) is 109. The van der Waals surface area contributed by atoms with Crippen LogP contribution in [-0.4, -0.2) is 4.57 Å². The first-order valence-corrected chi connectivity index (χ1v) is 26.3. The largest absolute Gasteiger partial charge is 0.310 e. The van der Waals surface area contributed by atoms with Gasteiger partial charge in [-0.2, -0.15) is 0 Å². The summed E-state index contributed by atoms with van der Waals surface area (Å²) >= 11 is 0. The molecule has 0 saturated carbocycles. The molecule has 0 bridgehead atoms. The standard InChI is InChI=1S/C73H49N3/c1-3-20-50(21-4-1)51-38-40-53(41-39-51)59-26-8-14-33-68(59)74(56-44-42-52(43-45-56)54-22-19-25-57(48-54)76-69-34-15-9-28-62(69)63-29-10-16-35-70(63)76)58-46-47-61-60-27-7-11-30-64(60)73(67(61)49-58)65-31-12-17-36-71(65)75(55-23-5-2-6-24-55)72-37-18-13-32-66(72)73/h1-49H. The molecule has 3 nitrogen and oxygen atoms in total. The van der Waals surface area contributed by atoms with Crippen molar-refractivity contribution in [1.82, 2.24) is 4.57 Å². The number of rotatable bonds is 8. The van der Waals surface area contributed by atoms with E-state index in [9.17, 15) is 0 Å². The Labute approximate surface area is 443 Å². The zero-order valence-electron chi connectivity index (χ0n) is 41.6. The van der Waals surface area contributed by atoms with Crippen LogP contribution < -0.4 is 9.80 Å².